The highest BCUT2D eigenvalue weighted by atomic mass is 79.9. The van der Waals surface area contributed by atoms with E-state index in [9.17, 15) is 4.79 Å². The SMILES string of the molecule is CCC(C)Oc1ccc(NC(=S)NC(=O)c2ccc(OCCOC)c(Br)c2)cc1. The van der Waals surface area contributed by atoms with Gasteiger partial charge in [0, 0.05) is 18.4 Å². The molecule has 1 amide bonds. The first-order valence-corrected chi connectivity index (χ1v) is 10.4. The lowest BCUT2D eigenvalue weighted by Crippen LogP contribution is -2.34. The first-order valence-electron chi connectivity index (χ1n) is 9.23. The molecule has 0 saturated carbocycles. The lowest BCUT2D eigenvalue weighted by Gasteiger charge is -2.14. The van der Waals surface area contributed by atoms with E-state index in [1.165, 1.54) is 0 Å². The van der Waals surface area contributed by atoms with Crippen molar-refractivity contribution in [1.29, 1.82) is 0 Å². The molecule has 1 atom stereocenters. The lowest BCUT2D eigenvalue weighted by molar-refractivity contribution is 0.0977. The Morgan fingerprint density at radius 2 is 1.90 bits per heavy atom. The molecule has 6 nitrogen and oxygen atoms in total. The van der Waals surface area contributed by atoms with Gasteiger partial charge in [-0.15, -0.1) is 0 Å². The van der Waals surface area contributed by atoms with E-state index in [0.29, 0.717) is 29.0 Å². The largest absolute Gasteiger partial charge is 0.491 e. The maximum absolute atomic E-state index is 12.4. The number of ether oxygens (including phenoxy) is 3. The zero-order valence-electron chi connectivity index (χ0n) is 16.7. The zero-order chi connectivity index (χ0) is 21.2. The molecule has 0 aliphatic carbocycles. The minimum absolute atomic E-state index is 0.158. The number of anilines is 1. The second-order valence-electron chi connectivity index (χ2n) is 6.26. The molecule has 0 radical (unpaired) electrons. The molecular weight excluding hydrogens is 456 g/mol. The highest BCUT2D eigenvalue weighted by molar-refractivity contribution is 9.10. The predicted octanol–water partition coefficient (Wildman–Crippen LogP) is 4.78. The van der Waals surface area contributed by atoms with E-state index in [-0.39, 0.29) is 17.1 Å². The van der Waals surface area contributed by atoms with Gasteiger partial charge < -0.3 is 19.5 Å². The molecule has 0 bridgehead atoms. The molecule has 0 aromatic heterocycles. The number of halogens is 1. The Labute approximate surface area is 185 Å². The standard InChI is InChI=1S/C21H25BrN2O4S/c1-4-14(2)28-17-8-6-16(7-9-17)23-21(29)24-20(25)15-5-10-19(18(22)13-15)27-12-11-26-3/h5-10,13-14H,4,11-12H2,1-3H3,(H2,23,24,25,29). The predicted molar refractivity (Wildman–Crippen MR) is 122 cm³/mol. The summed E-state index contributed by atoms with van der Waals surface area (Å²) in [6, 6.07) is 12.5. The van der Waals surface area contributed by atoms with E-state index < -0.39 is 0 Å². The fraction of sp³-hybridized carbons (Fsp3) is 0.333. The summed E-state index contributed by atoms with van der Waals surface area (Å²) in [6.07, 6.45) is 1.09. The average Bonchev–Trinajstić information content (AvgIpc) is 2.70. The summed E-state index contributed by atoms with van der Waals surface area (Å²) in [5.41, 5.74) is 1.22. The van der Waals surface area contributed by atoms with Gasteiger partial charge in [-0.3, -0.25) is 10.1 Å². The van der Waals surface area contributed by atoms with Gasteiger partial charge in [0.1, 0.15) is 18.1 Å². The van der Waals surface area contributed by atoms with Crippen LogP contribution in [-0.4, -0.2) is 37.4 Å². The summed E-state index contributed by atoms with van der Waals surface area (Å²) in [6.45, 7) is 5.00. The normalized spacial score (nSPS) is 11.4. The maximum Gasteiger partial charge on any atom is 0.257 e. The molecule has 2 aromatic carbocycles. The van der Waals surface area contributed by atoms with Crippen LogP contribution in [0, 0.1) is 0 Å². The molecule has 0 aliphatic heterocycles. The van der Waals surface area contributed by atoms with Gasteiger partial charge in [-0.05, 0) is 84.0 Å². The highest BCUT2D eigenvalue weighted by Crippen LogP contribution is 2.26. The lowest BCUT2D eigenvalue weighted by atomic mass is 10.2. The van der Waals surface area contributed by atoms with Crippen LogP contribution in [0.5, 0.6) is 11.5 Å². The molecule has 8 heteroatoms. The van der Waals surface area contributed by atoms with E-state index >= 15 is 0 Å². The number of hydrogen-bond acceptors (Lipinski definition) is 5. The summed E-state index contributed by atoms with van der Waals surface area (Å²) < 4.78 is 16.9. The van der Waals surface area contributed by atoms with Crippen LogP contribution in [0.15, 0.2) is 46.9 Å². The van der Waals surface area contributed by atoms with E-state index in [1.54, 1.807) is 25.3 Å². The monoisotopic (exact) mass is 480 g/mol. The minimum Gasteiger partial charge on any atom is -0.491 e. The minimum atomic E-state index is -0.316. The third-order valence-electron chi connectivity index (χ3n) is 3.99. The van der Waals surface area contributed by atoms with Gasteiger partial charge in [-0.2, -0.15) is 0 Å². The number of nitrogens with one attached hydrogen (secondary N) is 2. The fourth-order valence-electron chi connectivity index (χ4n) is 2.26. The number of amides is 1. The van der Waals surface area contributed by atoms with Gasteiger partial charge in [0.25, 0.3) is 5.91 Å². The molecular formula is C21H25BrN2O4S. The third kappa shape index (κ3) is 7.64. The van der Waals surface area contributed by atoms with Crippen molar-refractivity contribution >= 4 is 44.9 Å². The second-order valence-corrected chi connectivity index (χ2v) is 7.52. The number of rotatable bonds is 9. The molecule has 0 heterocycles. The van der Waals surface area contributed by atoms with Gasteiger partial charge >= 0.3 is 0 Å². The van der Waals surface area contributed by atoms with Crippen molar-refractivity contribution in [3.05, 3.63) is 52.5 Å². The summed E-state index contributed by atoms with van der Waals surface area (Å²) in [5, 5.41) is 5.87. The van der Waals surface area contributed by atoms with Crippen LogP contribution < -0.4 is 20.1 Å². The Morgan fingerprint density at radius 1 is 1.17 bits per heavy atom. The molecule has 2 N–H and O–H groups in total. The Balaban J connectivity index is 1.90. The van der Waals surface area contributed by atoms with E-state index in [4.69, 9.17) is 26.4 Å². The fourth-order valence-corrected chi connectivity index (χ4v) is 2.97. The molecule has 0 saturated heterocycles. The van der Waals surface area contributed by atoms with Crippen LogP contribution in [0.4, 0.5) is 5.69 Å². The van der Waals surface area contributed by atoms with E-state index in [2.05, 4.69) is 33.5 Å². The van der Waals surface area contributed by atoms with Gasteiger partial charge in [0.2, 0.25) is 0 Å². The molecule has 2 aromatic rings. The van der Waals surface area contributed by atoms with E-state index in [1.807, 2.05) is 31.2 Å². The van der Waals surface area contributed by atoms with Crippen LogP contribution in [0.3, 0.4) is 0 Å². The van der Waals surface area contributed by atoms with Crippen LogP contribution in [-0.2, 0) is 4.74 Å². The van der Waals surface area contributed by atoms with Gasteiger partial charge in [-0.1, -0.05) is 6.92 Å². The number of carbonyl (C=O) groups excluding carboxylic acids is 1. The summed E-state index contributed by atoms with van der Waals surface area (Å²) in [5.74, 6) is 1.11. The van der Waals surface area contributed by atoms with Crippen molar-refractivity contribution in [3.8, 4) is 11.5 Å². The Hall–Kier alpha value is -2.16. The smallest absolute Gasteiger partial charge is 0.257 e. The quantitative estimate of drug-likeness (QED) is 0.397. The average molecular weight is 481 g/mol. The molecule has 156 valence electrons. The molecule has 2 rings (SSSR count). The van der Waals surface area contributed by atoms with Gasteiger partial charge in [-0.25, -0.2) is 0 Å². The van der Waals surface area contributed by atoms with Crippen LogP contribution >= 0.6 is 28.1 Å². The molecule has 29 heavy (non-hydrogen) atoms. The topological polar surface area (TPSA) is 68.8 Å². The Bertz CT molecular complexity index is 830. The van der Waals surface area contributed by atoms with Crippen molar-refractivity contribution in [1.82, 2.24) is 5.32 Å². The summed E-state index contributed by atoms with van der Waals surface area (Å²) in [7, 11) is 1.61. The first-order chi connectivity index (χ1) is 13.9. The van der Waals surface area contributed by atoms with Crippen molar-refractivity contribution in [3.63, 3.8) is 0 Å². The number of methoxy groups -OCH3 is 1. The molecule has 0 fully saturated rings. The van der Waals surface area contributed by atoms with Gasteiger partial charge in [0.05, 0.1) is 17.2 Å². The number of hydrogen-bond donors (Lipinski definition) is 2. The number of benzene rings is 2. The molecule has 0 aliphatic rings. The van der Waals surface area contributed by atoms with Crippen molar-refractivity contribution in [2.24, 2.45) is 0 Å². The van der Waals surface area contributed by atoms with Gasteiger partial charge in [0.15, 0.2) is 5.11 Å². The Morgan fingerprint density at radius 3 is 2.52 bits per heavy atom. The highest BCUT2D eigenvalue weighted by Gasteiger charge is 2.11. The second kappa shape index (κ2) is 11.7. The number of thiocarbonyl (C=S) groups is 1. The zero-order valence-corrected chi connectivity index (χ0v) is 19.1. The summed E-state index contributed by atoms with van der Waals surface area (Å²) >= 11 is 8.65. The molecule has 0 spiro atoms. The van der Waals surface area contributed by atoms with Crippen LogP contribution in [0.1, 0.15) is 30.6 Å². The maximum atomic E-state index is 12.4. The number of carbonyl (C=O) groups is 1. The van der Waals surface area contributed by atoms with E-state index in [0.717, 1.165) is 17.9 Å². The summed E-state index contributed by atoms with van der Waals surface area (Å²) in [4.78, 5) is 12.4. The Kier molecular flexibility index (Phi) is 9.37. The van der Waals surface area contributed by atoms with Crippen LogP contribution in [0.2, 0.25) is 0 Å². The first kappa shape index (κ1) is 23.1. The third-order valence-corrected chi connectivity index (χ3v) is 4.81. The van der Waals surface area contributed by atoms with Crippen molar-refractivity contribution in [2.45, 2.75) is 26.4 Å². The van der Waals surface area contributed by atoms with Crippen molar-refractivity contribution in [2.75, 3.05) is 25.6 Å². The van der Waals surface area contributed by atoms with Crippen LogP contribution in [0.25, 0.3) is 0 Å². The van der Waals surface area contributed by atoms with Crippen molar-refractivity contribution < 1.29 is 19.0 Å². The molecule has 1 unspecified atom stereocenters.